The summed E-state index contributed by atoms with van der Waals surface area (Å²) in [5, 5.41) is 9.57. The molecule has 7 heteroatoms. The largest absolute Gasteiger partial charge is 0.240 e. The first-order chi connectivity index (χ1) is 12.0. The van der Waals surface area contributed by atoms with Crippen molar-refractivity contribution in [1.29, 1.82) is 5.26 Å². The summed E-state index contributed by atoms with van der Waals surface area (Å²) in [6.07, 6.45) is 0. The van der Waals surface area contributed by atoms with E-state index in [0.717, 1.165) is 15.3 Å². The summed E-state index contributed by atoms with van der Waals surface area (Å²) in [5.74, 6) is 0. The highest BCUT2D eigenvalue weighted by molar-refractivity contribution is 7.89. The molecule has 0 aliphatic heterocycles. The maximum Gasteiger partial charge on any atom is 0.240 e. The van der Waals surface area contributed by atoms with Crippen molar-refractivity contribution < 1.29 is 8.42 Å². The molecule has 0 bridgehead atoms. The number of benzene rings is 2. The molecule has 0 saturated carbocycles. The van der Waals surface area contributed by atoms with E-state index in [1.807, 2.05) is 42.5 Å². The van der Waals surface area contributed by atoms with Gasteiger partial charge in [0.1, 0.15) is 0 Å². The number of hydrogen-bond donors (Lipinski definition) is 1. The Bertz CT molecular complexity index is 1040. The average molecular weight is 389 g/mol. The molecule has 3 aromatic rings. The van der Waals surface area contributed by atoms with Crippen molar-refractivity contribution in [3.05, 3.63) is 76.1 Å². The van der Waals surface area contributed by atoms with E-state index in [1.165, 1.54) is 23.5 Å². The fourth-order valence-corrected chi connectivity index (χ4v) is 4.45. The van der Waals surface area contributed by atoms with Gasteiger partial charge in [0, 0.05) is 21.3 Å². The molecule has 0 aliphatic rings. The van der Waals surface area contributed by atoms with Crippen LogP contribution in [0, 0.1) is 11.3 Å². The fraction of sp³-hybridized carbons (Fsp3) is 0.0556. The average Bonchev–Trinajstić information content (AvgIpc) is 3.10. The molecule has 0 spiro atoms. The summed E-state index contributed by atoms with van der Waals surface area (Å²) in [5.41, 5.74) is 1.34. The Hall–Kier alpha value is -2.17. The molecule has 0 fully saturated rings. The monoisotopic (exact) mass is 388 g/mol. The topological polar surface area (TPSA) is 70.0 Å². The lowest BCUT2D eigenvalue weighted by atomic mass is 10.2. The Morgan fingerprint density at radius 3 is 2.56 bits per heavy atom. The van der Waals surface area contributed by atoms with E-state index in [9.17, 15) is 8.42 Å². The first-order valence-electron chi connectivity index (χ1n) is 7.32. The third-order valence-electron chi connectivity index (χ3n) is 3.50. The predicted octanol–water partition coefficient (Wildman–Crippen LogP) is 4.42. The van der Waals surface area contributed by atoms with Gasteiger partial charge in [-0.25, -0.2) is 13.1 Å². The molecule has 25 heavy (non-hydrogen) atoms. The van der Waals surface area contributed by atoms with Gasteiger partial charge in [-0.1, -0.05) is 29.8 Å². The molecule has 1 heterocycles. The van der Waals surface area contributed by atoms with Gasteiger partial charge in [-0.2, -0.15) is 5.26 Å². The van der Waals surface area contributed by atoms with Crippen LogP contribution in [0.5, 0.6) is 0 Å². The van der Waals surface area contributed by atoms with Crippen LogP contribution < -0.4 is 4.72 Å². The molecular formula is C18H13ClN2O2S2. The van der Waals surface area contributed by atoms with Crippen LogP contribution in [-0.4, -0.2) is 8.42 Å². The highest BCUT2D eigenvalue weighted by Gasteiger charge is 2.15. The van der Waals surface area contributed by atoms with Crippen molar-refractivity contribution in [2.24, 2.45) is 0 Å². The van der Waals surface area contributed by atoms with E-state index in [2.05, 4.69) is 4.72 Å². The van der Waals surface area contributed by atoms with Gasteiger partial charge in [0.2, 0.25) is 10.0 Å². The van der Waals surface area contributed by atoms with Gasteiger partial charge >= 0.3 is 0 Å². The third-order valence-corrected chi connectivity index (χ3v) is 6.29. The number of thiophene rings is 1. The minimum Gasteiger partial charge on any atom is -0.207 e. The Balaban J connectivity index is 1.73. The maximum absolute atomic E-state index is 12.4. The summed E-state index contributed by atoms with van der Waals surface area (Å²) in [7, 11) is -3.66. The van der Waals surface area contributed by atoms with Crippen LogP contribution in [0.3, 0.4) is 0 Å². The molecule has 126 valence electrons. The lowest BCUT2D eigenvalue weighted by molar-refractivity contribution is 0.582. The smallest absolute Gasteiger partial charge is 0.207 e. The zero-order valence-electron chi connectivity index (χ0n) is 12.9. The standard InChI is InChI=1S/C18H13ClN2O2S2/c19-15-6-4-14(5-7-15)18-9-8-16(24-18)12-21-25(22,23)17-3-1-2-13(10-17)11-20/h1-10,21H,12H2. The van der Waals surface area contributed by atoms with Gasteiger partial charge in [-0.15, -0.1) is 11.3 Å². The summed E-state index contributed by atoms with van der Waals surface area (Å²) in [6, 6.07) is 19.2. The van der Waals surface area contributed by atoms with Gasteiger partial charge in [-0.05, 0) is 48.0 Å². The SMILES string of the molecule is N#Cc1cccc(S(=O)(=O)NCc2ccc(-c3ccc(Cl)cc3)s2)c1. The number of nitrogens with one attached hydrogen (secondary N) is 1. The summed E-state index contributed by atoms with van der Waals surface area (Å²) in [4.78, 5) is 2.02. The number of nitrogens with zero attached hydrogens (tertiary/aromatic N) is 1. The van der Waals surface area contributed by atoms with Crippen LogP contribution in [0.2, 0.25) is 5.02 Å². The second-order valence-corrected chi connectivity index (χ2v) is 8.61. The lowest BCUT2D eigenvalue weighted by Crippen LogP contribution is -2.22. The van der Waals surface area contributed by atoms with Crippen LogP contribution in [-0.2, 0) is 16.6 Å². The van der Waals surface area contributed by atoms with Crippen LogP contribution in [0.4, 0.5) is 0 Å². The second-order valence-electron chi connectivity index (χ2n) is 5.24. The molecule has 0 amide bonds. The van der Waals surface area contributed by atoms with Gasteiger partial charge in [0.25, 0.3) is 0 Å². The molecule has 3 rings (SSSR count). The molecule has 0 saturated heterocycles. The van der Waals surface area contributed by atoms with E-state index in [-0.39, 0.29) is 11.4 Å². The number of sulfonamides is 1. The minimum atomic E-state index is -3.66. The number of rotatable bonds is 5. The Labute approximate surface area is 155 Å². The maximum atomic E-state index is 12.4. The van der Waals surface area contributed by atoms with Crippen molar-refractivity contribution in [1.82, 2.24) is 4.72 Å². The number of halogens is 1. The van der Waals surface area contributed by atoms with Crippen molar-refractivity contribution in [3.8, 4) is 16.5 Å². The zero-order chi connectivity index (χ0) is 17.9. The molecule has 0 unspecified atom stereocenters. The number of nitriles is 1. The highest BCUT2D eigenvalue weighted by atomic mass is 35.5. The molecule has 0 radical (unpaired) electrons. The molecule has 0 atom stereocenters. The molecule has 1 aromatic heterocycles. The number of hydrogen-bond acceptors (Lipinski definition) is 4. The second kappa shape index (κ2) is 7.38. The van der Waals surface area contributed by atoms with Crippen molar-refractivity contribution in [3.63, 3.8) is 0 Å². The Morgan fingerprint density at radius 2 is 1.84 bits per heavy atom. The van der Waals surface area contributed by atoms with Crippen molar-refractivity contribution in [2.45, 2.75) is 11.4 Å². The zero-order valence-corrected chi connectivity index (χ0v) is 15.3. The first-order valence-corrected chi connectivity index (χ1v) is 10.0. The minimum absolute atomic E-state index is 0.0843. The summed E-state index contributed by atoms with van der Waals surface area (Å²) < 4.78 is 27.3. The molecule has 4 nitrogen and oxygen atoms in total. The van der Waals surface area contributed by atoms with Crippen LogP contribution in [0.25, 0.3) is 10.4 Å². The molecular weight excluding hydrogens is 376 g/mol. The summed E-state index contributed by atoms with van der Waals surface area (Å²) in [6.45, 7) is 0.192. The van der Waals surface area contributed by atoms with Crippen molar-refractivity contribution in [2.75, 3.05) is 0 Å². The molecule has 2 aromatic carbocycles. The van der Waals surface area contributed by atoms with Gasteiger partial charge < -0.3 is 0 Å². The van der Waals surface area contributed by atoms with Gasteiger partial charge in [0.15, 0.2) is 0 Å². The lowest BCUT2D eigenvalue weighted by Gasteiger charge is -2.05. The Morgan fingerprint density at radius 1 is 1.08 bits per heavy atom. The van der Waals surface area contributed by atoms with Crippen LogP contribution in [0.15, 0.2) is 65.6 Å². The van der Waals surface area contributed by atoms with E-state index in [0.29, 0.717) is 10.6 Å². The van der Waals surface area contributed by atoms with Gasteiger partial charge in [-0.3, -0.25) is 0 Å². The summed E-state index contributed by atoms with van der Waals surface area (Å²) >= 11 is 7.40. The van der Waals surface area contributed by atoms with Crippen LogP contribution in [0.1, 0.15) is 10.4 Å². The third kappa shape index (κ3) is 4.27. The first kappa shape index (κ1) is 17.6. The normalized spacial score (nSPS) is 11.2. The van der Waals surface area contributed by atoms with E-state index in [4.69, 9.17) is 16.9 Å². The van der Waals surface area contributed by atoms with E-state index in [1.54, 1.807) is 12.1 Å². The van der Waals surface area contributed by atoms with Crippen molar-refractivity contribution >= 4 is 33.0 Å². The predicted molar refractivity (Wildman–Crippen MR) is 99.9 cm³/mol. The molecule has 0 aliphatic carbocycles. The van der Waals surface area contributed by atoms with Crippen LogP contribution >= 0.6 is 22.9 Å². The fourth-order valence-electron chi connectivity index (χ4n) is 2.22. The van der Waals surface area contributed by atoms with E-state index >= 15 is 0 Å². The Kier molecular flexibility index (Phi) is 5.21. The van der Waals surface area contributed by atoms with E-state index < -0.39 is 10.0 Å². The van der Waals surface area contributed by atoms with Gasteiger partial charge in [0.05, 0.1) is 16.5 Å². The highest BCUT2D eigenvalue weighted by Crippen LogP contribution is 2.29. The quantitative estimate of drug-likeness (QED) is 0.703. The molecule has 1 N–H and O–H groups in total.